The molecule has 2 heterocycles. The van der Waals surface area contributed by atoms with Gasteiger partial charge in [0.15, 0.2) is 5.82 Å². The fraction of sp³-hybridized carbons (Fsp3) is 0. The fourth-order valence-electron chi connectivity index (χ4n) is 8.21. The lowest BCUT2D eigenvalue weighted by Gasteiger charge is -2.13. The molecule has 0 aliphatic heterocycles. The van der Waals surface area contributed by atoms with Crippen molar-refractivity contribution in [3.63, 3.8) is 0 Å². The van der Waals surface area contributed by atoms with E-state index in [1.165, 1.54) is 65.6 Å². The van der Waals surface area contributed by atoms with Gasteiger partial charge in [-0.25, -0.2) is 9.97 Å². The molecule has 0 radical (unpaired) electrons. The van der Waals surface area contributed by atoms with Gasteiger partial charge in [0.1, 0.15) is 0 Å². The van der Waals surface area contributed by atoms with Gasteiger partial charge in [-0.1, -0.05) is 140 Å². The summed E-state index contributed by atoms with van der Waals surface area (Å²) in [6, 6.07) is 63.1. The van der Waals surface area contributed by atoms with Gasteiger partial charge in [0.05, 0.1) is 22.4 Å². The quantitative estimate of drug-likeness (QED) is 0.190. The van der Waals surface area contributed by atoms with E-state index in [9.17, 15) is 0 Å². The molecule has 0 saturated carbocycles. The average Bonchev–Trinajstić information content (AvgIpc) is 3.70. The van der Waals surface area contributed by atoms with Crippen LogP contribution in [0.2, 0.25) is 0 Å². The third-order valence-corrected chi connectivity index (χ3v) is 10.5. The van der Waals surface area contributed by atoms with E-state index in [0.717, 1.165) is 33.8 Å². The molecule has 1 aliphatic rings. The Morgan fingerprint density at radius 3 is 1.75 bits per heavy atom. The second kappa shape index (κ2) is 10.8. The van der Waals surface area contributed by atoms with E-state index in [4.69, 9.17) is 9.97 Å². The molecule has 8 aromatic carbocycles. The Bertz CT molecular complexity index is 2950. The Balaban J connectivity index is 1.20. The van der Waals surface area contributed by atoms with Crippen molar-refractivity contribution in [2.45, 2.75) is 0 Å². The number of benzene rings is 8. The maximum Gasteiger partial charge on any atom is 0.160 e. The smallest absolute Gasteiger partial charge is 0.160 e. The first-order valence-corrected chi connectivity index (χ1v) is 17.4. The zero-order chi connectivity index (χ0) is 33.5. The van der Waals surface area contributed by atoms with Gasteiger partial charge < -0.3 is 4.57 Å². The van der Waals surface area contributed by atoms with Crippen molar-refractivity contribution < 1.29 is 0 Å². The van der Waals surface area contributed by atoms with Crippen molar-refractivity contribution in [1.29, 1.82) is 0 Å². The topological polar surface area (TPSA) is 30.7 Å². The molecule has 3 nitrogen and oxygen atoms in total. The van der Waals surface area contributed by atoms with Gasteiger partial charge in [-0.15, -0.1) is 0 Å². The van der Waals surface area contributed by atoms with E-state index in [-0.39, 0.29) is 0 Å². The zero-order valence-corrected chi connectivity index (χ0v) is 27.6. The second-order valence-electron chi connectivity index (χ2n) is 13.4. The summed E-state index contributed by atoms with van der Waals surface area (Å²) in [5, 5.41) is 7.65. The SMILES string of the molecule is c1ccc(-c2cc(-c3cccc(-n4c5cc6ccccc6cc5c5c6cccc7c6c(cc54)-c4ccccc4-7)c3)nc(-c3ccccc3)n2)cc1. The van der Waals surface area contributed by atoms with Crippen molar-refractivity contribution in [3.8, 4) is 61.8 Å². The highest BCUT2D eigenvalue weighted by molar-refractivity contribution is 6.30. The number of fused-ring (bicyclic) bond motifs is 8. The van der Waals surface area contributed by atoms with Crippen molar-refractivity contribution in [1.82, 2.24) is 14.5 Å². The number of hydrogen-bond acceptors (Lipinski definition) is 2. The van der Waals surface area contributed by atoms with Crippen molar-refractivity contribution in [2.75, 3.05) is 0 Å². The molecule has 11 rings (SSSR count). The summed E-state index contributed by atoms with van der Waals surface area (Å²) >= 11 is 0. The van der Waals surface area contributed by atoms with Crippen LogP contribution in [0, 0.1) is 0 Å². The van der Waals surface area contributed by atoms with Gasteiger partial charge >= 0.3 is 0 Å². The maximum atomic E-state index is 5.17. The molecule has 236 valence electrons. The Morgan fingerprint density at radius 2 is 0.961 bits per heavy atom. The molecule has 0 amide bonds. The van der Waals surface area contributed by atoms with E-state index >= 15 is 0 Å². The summed E-state index contributed by atoms with van der Waals surface area (Å²) in [5.41, 5.74) is 13.6. The van der Waals surface area contributed by atoms with Crippen LogP contribution in [0.1, 0.15) is 0 Å². The van der Waals surface area contributed by atoms with E-state index in [2.05, 4.69) is 156 Å². The molecule has 0 spiro atoms. The number of nitrogens with zero attached hydrogens (tertiary/aromatic N) is 3. The van der Waals surface area contributed by atoms with Gasteiger partial charge in [0, 0.05) is 33.2 Å². The highest BCUT2D eigenvalue weighted by atomic mass is 15.0. The van der Waals surface area contributed by atoms with Gasteiger partial charge in [0.25, 0.3) is 0 Å². The summed E-state index contributed by atoms with van der Waals surface area (Å²) in [6.45, 7) is 0. The third kappa shape index (κ3) is 4.25. The van der Waals surface area contributed by atoms with Crippen LogP contribution in [0.5, 0.6) is 0 Å². The van der Waals surface area contributed by atoms with Crippen LogP contribution in [-0.2, 0) is 0 Å². The molecule has 10 aromatic rings. The highest BCUT2D eigenvalue weighted by Gasteiger charge is 2.25. The standard InChI is InChI=1S/C48H29N3/c1-3-13-30(14-4-1)42-29-43(50-48(49-42)31-15-5-2-6-16-31)34-19-11-20-35(25-34)51-44-27-33-18-8-7-17-32(33)26-41(44)47-39-24-12-23-38-36-21-9-10-22-37(36)40(46(38)39)28-45(47)51/h1-29H. The van der Waals surface area contributed by atoms with Gasteiger partial charge in [0.2, 0.25) is 0 Å². The molecular weight excluding hydrogens is 619 g/mol. The molecular formula is C48H29N3. The molecule has 0 unspecified atom stereocenters. The summed E-state index contributed by atoms with van der Waals surface area (Å²) in [5.74, 6) is 0.713. The normalized spacial score (nSPS) is 11.9. The van der Waals surface area contributed by atoms with E-state index in [1.807, 2.05) is 24.3 Å². The Kier molecular flexibility index (Phi) is 5.96. The van der Waals surface area contributed by atoms with Crippen LogP contribution in [0.4, 0.5) is 0 Å². The van der Waals surface area contributed by atoms with Gasteiger partial charge in [-0.2, -0.15) is 0 Å². The average molecular weight is 648 g/mol. The van der Waals surface area contributed by atoms with Crippen LogP contribution in [-0.4, -0.2) is 14.5 Å². The van der Waals surface area contributed by atoms with Crippen LogP contribution < -0.4 is 0 Å². The molecule has 0 N–H and O–H groups in total. The molecule has 0 atom stereocenters. The first kappa shape index (κ1) is 28.0. The lowest BCUT2D eigenvalue weighted by Crippen LogP contribution is -1.98. The number of rotatable bonds is 4. The highest BCUT2D eigenvalue weighted by Crippen LogP contribution is 2.51. The number of hydrogen-bond donors (Lipinski definition) is 0. The summed E-state index contributed by atoms with van der Waals surface area (Å²) in [4.78, 5) is 10.2. The maximum absolute atomic E-state index is 5.17. The van der Waals surface area contributed by atoms with Crippen LogP contribution >= 0.6 is 0 Å². The molecule has 0 bridgehead atoms. The minimum absolute atomic E-state index is 0.713. The third-order valence-electron chi connectivity index (χ3n) is 10.5. The van der Waals surface area contributed by atoms with E-state index < -0.39 is 0 Å². The van der Waals surface area contributed by atoms with Crippen LogP contribution in [0.15, 0.2) is 176 Å². The first-order valence-electron chi connectivity index (χ1n) is 17.4. The molecule has 51 heavy (non-hydrogen) atoms. The van der Waals surface area contributed by atoms with Crippen molar-refractivity contribution >= 4 is 43.4 Å². The molecule has 1 aliphatic carbocycles. The minimum Gasteiger partial charge on any atom is -0.309 e. The summed E-state index contributed by atoms with van der Waals surface area (Å²) in [7, 11) is 0. The monoisotopic (exact) mass is 647 g/mol. The van der Waals surface area contributed by atoms with Crippen LogP contribution in [0.3, 0.4) is 0 Å². The summed E-state index contributed by atoms with van der Waals surface area (Å²) < 4.78 is 2.46. The van der Waals surface area contributed by atoms with Crippen molar-refractivity contribution in [2.24, 2.45) is 0 Å². The van der Waals surface area contributed by atoms with Gasteiger partial charge in [-0.3, -0.25) is 0 Å². The lowest BCUT2D eigenvalue weighted by atomic mass is 9.97. The predicted molar refractivity (Wildman–Crippen MR) is 212 cm³/mol. The Morgan fingerprint density at radius 1 is 0.353 bits per heavy atom. The number of aromatic nitrogens is 3. The molecule has 3 heteroatoms. The molecule has 2 aromatic heterocycles. The van der Waals surface area contributed by atoms with E-state index in [1.54, 1.807) is 0 Å². The Hall–Kier alpha value is -6.84. The fourth-order valence-corrected chi connectivity index (χ4v) is 8.21. The van der Waals surface area contributed by atoms with E-state index in [0.29, 0.717) is 5.82 Å². The van der Waals surface area contributed by atoms with Crippen LogP contribution in [0.25, 0.3) is 105 Å². The van der Waals surface area contributed by atoms with Crippen molar-refractivity contribution in [3.05, 3.63) is 176 Å². The molecule has 0 fully saturated rings. The second-order valence-corrected chi connectivity index (χ2v) is 13.4. The largest absolute Gasteiger partial charge is 0.309 e. The summed E-state index contributed by atoms with van der Waals surface area (Å²) in [6.07, 6.45) is 0. The zero-order valence-electron chi connectivity index (χ0n) is 27.6. The predicted octanol–water partition coefficient (Wildman–Crippen LogP) is 12.5. The lowest BCUT2D eigenvalue weighted by molar-refractivity contribution is 1.17. The Labute approximate surface area is 294 Å². The first-order chi connectivity index (χ1) is 25.3. The molecule has 0 saturated heterocycles. The van der Waals surface area contributed by atoms with Gasteiger partial charge in [-0.05, 0) is 80.2 Å². The minimum atomic E-state index is 0.713.